The summed E-state index contributed by atoms with van der Waals surface area (Å²) in [5, 5.41) is 8.58. The first-order valence-electron chi connectivity index (χ1n) is 3.98. The van der Waals surface area contributed by atoms with Crippen LogP contribution >= 0.6 is 22.6 Å². The Bertz CT molecular complexity index is 404. The van der Waals surface area contributed by atoms with Crippen LogP contribution < -0.4 is 4.74 Å². The fraction of sp³-hybridized carbons (Fsp3) is 0.333. The van der Waals surface area contributed by atoms with E-state index in [4.69, 9.17) is 10.00 Å². The van der Waals surface area contributed by atoms with E-state index in [2.05, 4.69) is 4.98 Å². The summed E-state index contributed by atoms with van der Waals surface area (Å²) in [5.41, 5.74) is 0.160. The first-order chi connectivity index (χ1) is 7.11. The summed E-state index contributed by atoms with van der Waals surface area (Å²) >= 11 is 1.75. The molecule has 6 heteroatoms. The van der Waals surface area contributed by atoms with Crippen LogP contribution in [0, 0.1) is 14.9 Å². The number of halogens is 3. The molecule has 0 fully saturated rings. The van der Waals surface area contributed by atoms with Crippen molar-refractivity contribution < 1.29 is 13.5 Å². The molecule has 0 N–H and O–H groups in total. The molecule has 1 rings (SSSR count). The van der Waals surface area contributed by atoms with Crippen molar-refractivity contribution in [1.82, 2.24) is 4.98 Å². The fourth-order valence-corrected chi connectivity index (χ4v) is 1.93. The largest absolute Gasteiger partial charge is 0.495 e. The van der Waals surface area contributed by atoms with Crippen molar-refractivity contribution in [3.05, 3.63) is 21.0 Å². The van der Waals surface area contributed by atoms with Gasteiger partial charge in [0.05, 0.1) is 25.8 Å². The second kappa shape index (κ2) is 5.21. The van der Waals surface area contributed by atoms with Crippen LogP contribution in [0.5, 0.6) is 5.75 Å². The number of ether oxygens (including phenoxy) is 1. The number of hydrogen-bond donors (Lipinski definition) is 0. The first-order valence-corrected chi connectivity index (χ1v) is 5.06. The zero-order valence-electron chi connectivity index (χ0n) is 7.80. The normalized spacial score (nSPS) is 10.1. The minimum absolute atomic E-state index is 0.0314. The SMILES string of the molecule is COc1cnc(C(F)F)c(I)c1CC#N. The van der Waals surface area contributed by atoms with Crippen molar-refractivity contribution in [2.24, 2.45) is 0 Å². The van der Waals surface area contributed by atoms with Gasteiger partial charge in [0.15, 0.2) is 0 Å². The van der Waals surface area contributed by atoms with Gasteiger partial charge in [0.25, 0.3) is 6.43 Å². The minimum atomic E-state index is -2.64. The van der Waals surface area contributed by atoms with Crippen LogP contribution in [0.1, 0.15) is 17.7 Å². The molecule has 1 heterocycles. The maximum absolute atomic E-state index is 12.5. The van der Waals surface area contributed by atoms with Gasteiger partial charge in [-0.2, -0.15) is 5.26 Å². The zero-order chi connectivity index (χ0) is 11.4. The third kappa shape index (κ3) is 2.53. The van der Waals surface area contributed by atoms with Crippen molar-refractivity contribution in [3.8, 4) is 11.8 Å². The predicted molar refractivity (Wildman–Crippen MR) is 57.8 cm³/mol. The maximum Gasteiger partial charge on any atom is 0.281 e. The second-order valence-corrected chi connectivity index (χ2v) is 3.72. The Morgan fingerprint density at radius 2 is 2.33 bits per heavy atom. The molecule has 0 atom stereocenters. The van der Waals surface area contributed by atoms with Gasteiger partial charge in [0.1, 0.15) is 11.4 Å². The molecule has 0 aliphatic carbocycles. The number of methoxy groups -OCH3 is 1. The van der Waals surface area contributed by atoms with Crippen LogP contribution in [0.25, 0.3) is 0 Å². The lowest BCUT2D eigenvalue weighted by Gasteiger charge is -2.10. The van der Waals surface area contributed by atoms with E-state index in [0.29, 0.717) is 14.9 Å². The van der Waals surface area contributed by atoms with Gasteiger partial charge in [-0.25, -0.2) is 8.78 Å². The summed E-state index contributed by atoms with van der Waals surface area (Å²) in [6, 6.07) is 1.91. The van der Waals surface area contributed by atoms with Gasteiger partial charge in [0.2, 0.25) is 0 Å². The van der Waals surface area contributed by atoms with Gasteiger partial charge in [0, 0.05) is 9.13 Å². The van der Waals surface area contributed by atoms with Crippen molar-refractivity contribution in [1.29, 1.82) is 5.26 Å². The molecule has 0 aromatic carbocycles. The zero-order valence-corrected chi connectivity index (χ0v) is 9.96. The number of nitriles is 1. The molecule has 15 heavy (non-hydrogen) atoms. The van der Waals surface area contributed by atoms with Crippen molar-refractivity contribution in [3.63, 3.8) is 0 Å². The monoisotopic (exact) mass is 324 g/mol. The summed E-state index contributed by atoms with van der Waals surface area (Å²) in [4.78, 5) is 3.60. The molecule has 0 aliphatic heterocycles. The highest BCUT2D eigenvalue weighted by Gasteiger charge is 2.19. The fourth-order valence-electron chi connectivity index (χ4n) is 1.10. The summed E-state index contributed by atoms with van der Waals surface area (Å²) < 4.78 is 30.2. The number of hydrogen-bond acceptors (Lipinski definition) is 3. The Labute approximate surface area is 99.2 Å². The molecule has 0 saturated carbocycles. The van der Waals surface area contributed by atoms with E-state index in [1.807, 2.05) is 6.07 Å². The van der Waals surface area contributed by atoms with Crippen molar-refractivity contribution in [2.45, 2.75) is 12.8 Å². The summed E-state index contributed by atoms with van der Waals surface area (Å²) in [7, 11) is 1.41. The Morgan fingerprint density at radius 3 is 2.80 bits per heavy atom. The van der Waals surface area contributed by atoms with E-state index in [1.54, 1.807) is 22.6 Å². The van der Waals surface area contributed by atoms with Gasteiger partial charge >= 0.3 is 0 Å². The quantitative estimate of drug-likeness (QED) is 0.803. The van der Waals surface area contributed by atoms with E-state index in [-0.39, 0.29) is 12.1 Å². The van der Waals surface area contributed by atoms with Gasteiger partial charge in [-0.15, -0.1) is 0 Å². The minimum Gasteiger partial charge on any atom is -0.495 e. The molecule has 0 bridgehead atoms. The number of alkyl halides is 2. The average Bonchev–Trinajstić information content (AvgIpc) is 2.20. The highest BCUT2D eigenvalue weighted by molar-refractivity contribution is 14.1. The number of pyridine rings is 1. The standard InChI is InChI=1S/C9H7F2IN2O/c1-15-6-4-14-8(9(10)11)7(12)5(6)2-3-13/h4,9H,2H2,1H3. The number of rotatable bonds is 3. The molecule has 0 radical (unpaired) electrons. The van der Waals surface area contributed by atoms with Crippen LogP contribution in [-0.2, 0) is 6.42 Å². The molecule has 0 saturated heterocycles. The number of aromatic nitrogens is 1. The molecule has 80 valence electrons. The van der Waals surface area contributed by atoms with Crippen LogP contribution in [-0.4, -0.2) is 12.1 Å². The highest BCUT2D eigenvalue weighted by atomic mass is 127. The molecular weight excluding hydrogens is 317 g/mol. The molecule has 0 spiro atoms. The molecule has 0 amide bonds. The second-order valence-electron chi connectivity index (χ2n) is 2.64. The molecule has 3 nitrogen and oxygen atoms in total. The summed E-state index contributed by atoms with van der Waals surface area (Å²) in [6.45, 7) is 0. The van der Waals surface area contributed by atoms with Crippen molar-refractivity contribution in [2.75, 3.05) is 7.11 Å². The van der Waals surface area contributed by atoms with E-state index < -0.39 is 6.43 Å². The third-order valence-corrected chi connectivity index (χ3v) is 2.99. The lowest BCUT2D eigenvalue weighted by Crippen LogP contribution is -2.02. The average molecular weight is 324 g/mol. The Hall–Kier alpha value is -0.970. The summed E-state index contributed by atoms with van der Waals surface area (Å²) in [6.07, 6.45) is -1.39. The van der Waals surface area contributed by atoms with Gasteiger partial charge in [-0.05, 0) is 22.6 Å². The van der Waals surface area contributed by atoms with Crippen LogP contribution in [0.15, 0.2) is 6.20 Å². The smallest absolute Gasteiger partial charge is 0.281 e. The van der Waals surface area contributed by atoms with Gasteiger partial charge < -0.3 is 4.74 Å². The third-order valence-electron chi connectivity index (χ3n) is 1.79. The molecule has 0 aliphatic rings. The molecule has 1 aromatic heterocycles. The molecular formula is C9H7F2IN2O. The molecule has 1 aromatic rings. The van der Waals surface area contributed by atoms with E-state index in [0.717, 1.165) is 0 Å². The maximum atomic E-state index is 12.5. The topological polar surface area (TPSA) is 45.9 Å². The Morgan fingerprint density at radius 1 is 1.67 bits per heavy atom. The van der Waals surface area contributed by atoms with Crippen LogP contribution in [0.3, 0.4) is 0 Å². The van der Waals surface area contributed by atoms with E-state index >= 15 is 0 Å². The Balaban J connectivity index is 3.30. The lowest BCUT2D eigenvalue weighted by atomic mass is 10.1. The Kier molecular flexibility index (Phi) is 4.20. The van der Waals surface area contributed by atoms with Gasteiger partial charge in [-0.3, -0.25) is 4.98 Å². The van der Waals surface area contributed by atoms with Gasteiger partial charge in [-0.1, -0.05) is 0 Å². The lowest BCUT2D eigenvalue weighted by molar-refractivity contribution is 0.144. The summed E-state index contributed by atoms with van der Waals surface area (Å²) in [5.74, 6) is 0.366. The van der Waals surface area contributed by atoms with Crippen molar-refractivity contribution >= 4 is 22.6 Å². The first kappa shape index (κ1) is 12.1. The van der Waals surface area contributed by atoms with Crippen LogP contribution in [0.2, 0.25) is 0 Å². The number of nitrogens with zero attached hydrogens (tertiary/aromatic N) is 2. The van der Waals surface area contributed by atoms with E-state index in [1.165, 1.54) is 13.3 Å². The molecule has 0 unspecified atom stereocenters. The highest BCUT2D eigenvalue weighted by Crippen LogP contribution is 2.30. The van der Waals surface area contributed by atoms with Crippen LogP contribution in [0.4, 0.5) is 8.78 Å². The van der Waals surface area contributed by atoms with E-state index in [9.17, 15) is 8.78 Å². The predicted octanol–water partition coefficient (Wildman–Crippen LogP) is 2.70.